The molecule has 1 saturated carbocycles. The summed E-state index contributed by atoms with van der Waals surface area (Å²) >= 11 is 0. The Kier molecular flexibility index (Phi) is 0.845. The van der Waals surface area contributed by atoms with E-state index >= 15 is 0 Å². The molecule has 2 atom stereocenters. The van der Waals surface area contributed by atoms with Crippen molar-refractivity contribution in [2.75, 3.05) is 7.11 Å². The van der Waals surface area contributed by atoms with Crippen LogP contribution in [0.2, 0.25) is 0 Å². The fraction of sp³-hybridized carbons (Fsp3) is 0.800. The van der Waals surface area contributed by atoms with Gasteiger partial charge in [0, 0.05) is 13.5 Å². The second-order valence-electron chi connectivity index (χ2n) is 1.61. The van der Waals surface area contributed by atoms with Crippen molar-refractivity contribution in [1.29, 1.82) is 0 Å². The molecule has 34 valence electrons. The molecule has 0 aliphatic heterocycles. The lowest BCUT2D eigenvalue weighted by Gasteiger charge is -1.84. The molecule has 1 nitrogen and oxygen atoms in total. The van der Waals surface area contributed by atoms with Gasteiger partial charge < -0.3 is 4.74 Å². The Labute approximate surface area is 38.3 Å². The Hall–Kier alpha value is -0.0400. The lowest BCUT2D eigenvalue weighted by molar-refractivity contribution is 0.178. The quantitative estimate of drug-likeness (QED) is 0.455. The minimum absolute atomic E-state index is 0.352. The van der Waals surface area contributed by atoms with E-state index in [4.69, 9.17) is 4.74 Å². The van der Waals surface area contributed by atoms with Gasteiger partial charge in [0.2, 0.25) is 0 Å². The third-order valence-electron chi connectivity index (χ3n) is 1.03. The van der Waals surface area contributed by atoms with E-state index in [0.717, 1.165) is 0 Å². The van der Waals surface area contributed by atoms with Crippen LogP contribution in [-0.2, 0) is 4.74 Å². The number of methoxy groups -OCH3 is 1. The van der Waals surface area contributed by atoms with E-state index in [1.165, 1.54) is 0 Å². The van der Waals surface area contributed by atoms with Crippen molar-refractivity contribution in [3.8, 4) is 0 Å². The van der Waals surface area contributed by atoms with Crippen LogP contribution >= 0.6 is 0 Å². The molecular formula is C5H8O. The van der Waals surface area contributed by atoms with Crippen LogP contribution in [0.3, 0.4) is 0 Å². The van der Waals surface area contributed by atoms with Crippen molar-refractivity contribution in [1.82, 2.24) is 0 Å². The van der Waals surface area contributed by atoms with Gasteiger partial charge in [0.25, 0.3) is 0 Å². The van der Waals surface area contributed by atoms with Crippen molar-refractivity contribution in [3.63, 3.8) is 0 Å². The third kappa shape index (κ3) is 0.548. The van der Waals surface area contributed by atoms with Crippen molar-refractivity contribution >= 4 is 0 Å². The van der Waals surface area contributed by atoms with Gasteiger partial charge in [-0.3, -0.25) is 0 Å². The number of ether oxygens (including phenoxy) is 1. The maximum atomic E-state index is 4.86. The third-order valence-corrected chi connectivity index (χ3v) is 1.03. The van der Waals surface area contributed by atoms with Gasteiger partial charge in [-0.05, 0) is 5.92 Å². The zero-order valence-electron chi connectivity index (χ0n) is 4.06. The topological polar surface area (TPSA) is 9.23 Å². The molecule has 1 fully saturated rings. The van der Waals surface area contributed by atoms with E-state index in [2.05, 4.69) is 13.3 Å². The average molecular weight is 84.1 g/mol. The Balaban J connectivity index is 2.09. The lowest BCUT2D eigenvalue weighted by atomic mass is 10.5. The Morgan fingerprint density at radius 2 is 2.17 bits per heavy atom. The highest BCUT2D eigenvalue weighted by Crippen LogP contribution is 2.29. The molecule has 0 amide bonds. The molecule has 0 aromatic carbocycles. The van der Waals surface area contributed by atoms with Gasteiger partial charge in [0.15, 0.2) is 0 Å². The molecule has 1 heteroatoms. The van der Waals surface area contributed by atoms with Crippen LogP contribution in [0, 0.1) is 12.3 Å². The van der Waals surface area contributed by atoms with Crippen molar-refractivity contribution in [3.05, 3.63) is 6.42 Å². The predicted octanol–water partition coefficient (Wildman–Crippen LogP) is 0.732. The van der Waals surface area contributed by atoms with Gasteiger partial charge in [-0.1, -0.05) is 6.92 Å². The molecule has 0 aromatic rings. The first kappa shape index (κ1) is 4.13. The SMILES string of the molecule is COC1[C]C1C. The standard InChI is InChI=1S/C5H8O/c1-4-3-5(4)6-2/h4-5H,1-2H3. The molecule has 0 aromatic heterocycles. The van der Waals surface area contributed by atoms with Gasteiger partial charge in [-0.2, -0.15) is 0 Å². The largest absolute Gasteiger partial charge is 0.381 e. The van der Waals surface area contributed by atoms with Crippen molar-refractivity contribution in [2.45, 2.75) is 13.0 Å². The molecule has 0 bridgehead atoms. The summed E-state index contributed by atoms with van der Waals surface area (Å²) in [6.07, 6.45) is 3.41. The highest BCUT2D eigenvalue weighted by molar-refractivity contribution is 5.04. The van der Waals surface area contributed by atoms with Crippen LogP contribution in [0.25, 0.3) is 0 Å². The molecule has 1 aliphatic rings. The fourth-order valence-electron chi connectivity index (χ4n) is 0.476. The second kappa shape index (κ2) is 1.23. The molecule has 1 rings (SSSR count). The molecule has 0 spiro atoms. The van der Waals surface area contributed by atoms with Gasteiger partial charge >= 0.3 is 0 Å². The van der Waals surface area contributed by atoms with Crippen LogP contribution < -0.4 is 0 Å². The predicted molar refractivity (Wildman–Crippen MR) is 23.2 cm³/mol. The average Bonchev–Trinajstić information content (AvgIpc) is 2.19. The molecule has 0 N–H and O–H groups in total. The molecule has 6 heavy (non-hydrogen) atoms. The number of rotatable bonds is 1. The monoisotopic (exact) mass is 84.1 g/mol. The Morgan fingerprint density at radius 3 is 2.17 bits per heavy atom. The van der Waals surface area contributed by atoms with E-state index in [1.807, 2.05) is 0 Å². The van der Waals surface area contributed by atoms with Gasteiger partial charge in [-0.25, -0.2) is 0 Å². The molecule has 0 heterocycles. The lowest BCUT2D eigenvalue weighted by Crippen LogP contribution is -1.85. The summed E-state index contributed by atoms with van der Waals surface area (Å²) < 4.78 is 4.86. The van der Waals surface area contributed by atoms with E-state index in [-0.39, 0.29) is 0 Å². The number of hydrogen-bond donors (Lipinski definition) is 0. The van der Waals surface area contributed by atoms with Crippen molar-refractivity contribution < 1.29 is 4.74 Å². The summed E-state index contributed by atoms with van der Waals surface area (Å²) in [7, 11) is 1.71. The van der Waals surface area contributed by atoms with E-state index in [0.29, 0.717) is 12.0 Å². The molecule has 0 saturated heterocycles. The van der Waals surface area contributed by atoms with Gasteiger partial charge in [0.1, 0.15) is 0 Å². The summed E-state index contributed by atoms with van der Waals surface area (Å²) in [6, 6.07) is 0. The van der Waals surface area contributed by atoms with Gasteiger partial charge in [-0.15, -0.1) is 0 Å². The summed E-state index contributed by atoms with van der Waals surface area (Å²) in [4.78, 5) is 0. The Morgan fingerprint density at radius 1 is 1.67 bits per heavy atom. The number of hydrogen-bond acceptors (Lipinski definition) is 1. The van der Waals surface area contributed by atoms with Crippen LogP contribution in [0.5, 0.6) is 0 Å². The van der Waals surface area contributed by atoms with Crippen LogP contribution in [-0.4, -0.2) is 13.2 Å². The maximum absolute atomic E-state index is 4.86. The molecule has 2 unspecified atom stereocenters. The summed E-state index contributed by atoms with van der Waals surface area (Å²) in [5.41, 5.74) is 0. The first-order chi connectivity index (χ1) is 2.84. The van der Waals surface area contributed by atoms with E-state index in [9.17, 15) is 0 Å². The van der Waals surface area contributed by atoms with Crippen LogP contribution in [0.4, 0.5) is 0 Å². The van der Waals surface area contributed by atoms with E-state index < -0.39 is 0 Å². The summed E-state index contributed by atoms with van der Waals surface area (Å²) in [5.74, 6) is 0.593. The molecule has 2 radical (unpaired) electrons. The van der Waals surface area contributed by atoms with Gasteiger partial charge in [0.05, 0.1) is 6.10 Å². The van der Waals surface area contributed by atoms with E-state index in [1.54, 1.807) is 7.11 Å². The highest BCUT2D eigenvalue weighted by atomic mass is 16.5. The maximum Gasteiger partial charge on any atom is 0.0676 e. The Bertz CT molecular complexity index is 49.9. The normalized spacial score (nSPS) is 43.0. The molecule has 1 aliphatic carbocycles. The minimum atomic E-state index is 0.352. The molecular weight excluding hydrogens is 76.1 g/mol. The highest BCUT2D eigenvalue weighted by Gasteiger charge is 2.33. The summed E-state index contributed by atoms with van der Waals surface area (Å²) in [6.45, 7) is 2.09. The minimum Gasteiger partial charge on any atom is -0.381 e. The van der Waals surface area contributed by atoms with Crippen molar-refractivity contribution in [2.24, 2.45) is 5.92 Å². The second-order valence-corrected chi connectivity index (χ2v) is 1.61. The van der Waals surface area contributed by atoms with Crippen LogP contribution in [0.15, 0.2) is 0 Å². The summed E-state index contributed by atoms with van der Waals surface area (Å²) in [5, 5.41) is 0. The zero-order chi connectivity index (χ0) is 4.57. The first-order valence-corrected chi connectivity index (χ1v) is 2.13. The smallest absolute Gasteiger partial charge is 0.0676 e. The zero-order valence-corrected chi connectivity index (χ0v) is 4.06. The first-order valence-electron chi connectivity index (χ1n) is 2.13. The van der Waals surface area contributed by atoms with Crippen LogP contribution in [0.1, 0.15) is 6.92 Å². The fourth-order valence-corrected chi connectivity index (χ4v) is 0.476.